The fourth-order valence-corrected chi connectivity index (χ4v) is 3.28. The molecular weight excluding hydrogens is 244 g/mol. The predicted molar refractivity (Wildman–Crippen MR) is 76.7 cm³/mol. The maximum Gasteiger partial charge on any atom is 0.109 e. The number of likely N-dealkylation sites (tertiary alicyclic amines) is 1. The van der Waals surface area contributed by atoms with Crippen molar-refractivity contribution in [1.29, 1.82) is 0 Å². The molecule has 1 aromatic heterocycles. The summed E-state index contributed by atoms with van der Waals surface area (Å²) in [6.45, 7) is 5.28. The van der Waals surface area contributed by atoms with Crippen LogP contribution >= 0.6 is 11.3 Å². The highest BCUT2D eigenvalue weighted by atomic mass is 32.1. The van der Waals surface area contributed by atoms with E-state index in [0.717, 1.165) is 23.8 Å². The van der Waals surface area contributed by atoms with Crippen LogP contribution in [0.5, 0.6) is 0 Å². The first kappa shape index (κ1) is 13.9. The summed E-state index contributed by atoms with van der Waals surface area (Å²) in [5.41, 5.74) is 6.98. The van der Waals surface area contributed by atoms with Crippen LogP contribution in [-0.2, 0) is 6.54 Å². The summed E-state index contributed by atoms with van der Waals surface area (Å²) >= 11 is 1.67. The molecule has 0 aliphatic carbocycles. The first-order valence-electron chi connectivity index (χ1n) is 6.65. The molecule has 5 heteroatoms. The maximum atomic E-state index is 5.84. The van der Waals surface area contributed by atoms with Crippen LogP contribution < -0.4 is 5.73 Å². The van der Waals surface area contributed by atoms with Crippen molar-refractivity contribution < 1.29 is 0 Å². The van der Waals surface area contributed by atoms with Crippen molar-refractivity contribution in [2.24, 2.45) is 5.73 Å². The van der Waals surface area contributed by atoms with Gasteiger partial charge in [-0.1, -0.05) is 0 Å². The number of nitrogens with two attached hydrogens (primary N) is 1. The minimum absolute atomic E-state index is 0.0509. The van der Waals surface area contributed by atoms with E-state index in [-0.39, 0.29) is 6.04 Å². The van der Waals surface area contributed by atoms with Gasteiger partial charge in [0.2, 0.25) is 0 Å². The van der Waals surface area contributed by atoms with Gasteiger partial charge in [0, 0.05) is 24.5 Å². The Kier molecular flexibility index (Phi) is 4.72. The highest BCUT2D eigenvalue weighted by Crippen LogP contribution is 2.19. The van der Waals surface area contributed by atoms with E-state index in [4.69, 9.17) is 5.73 Å². The zero-order valence-corrected chi connectivity index (χ0v) is 12.4. The molecule has 1 aliphatic heterocycles. The third-order valence-corrected chi connectivity index (χ3v) is 4.68. The quantitative estimate of drug-likeness (QED) is 0.883. The van der Waals surface area contributed by atoms with E-state index < -0.39 is 0 Å². The lowest BCUT2D eigenvalue weighted by molar-refractivity contribution is 0.214. The van der Waals surface area contributed by atoms with Crippen molar-refractivity contribution in [2.75, 3.05) is 27.2 Å². The monoisotopic (exact) mass is 268 g/mol. The van der Waals surface area contributed by atoms with Gasteiger partial charge in [0.1, 0.15) is 5.01 Å². The molecule has 2 rings (SSSR count). The van der Waals surface area contributed by atoms with Gasteiger partial charge in [0.15, 0.2) is 0 Å². The molecule has 2 unspecified atom stereocenters. The fraction of sp³-hybridized carbons (Fsp3) is 0.769. The number of thiazole rings is 1. The van der Waals surface area contributed by atoms with Crippen molar-refractivity contribution in [1.82, 2.24) is 14.8 Å². The summed E-state index contributed by atoms with van der Waals surface area (Å²) in [5, 5.41) is 3.17. The molecule has 102 valence electrons. The molecule has 0 aromatic carbocycles. The maximum absolute atomic E-state index is 5.84. The van der Waals surface area contributed by atoms with Gasteiger partial charge in [-0.2, -0.15) is 0 Å². The Bertz CT molecular complexity index is 377. The van der Waals surface area contributed by atoms with Crippen LogP contribution in [0.4, 0.5) is 0 Å². The van der Waals surface area contributed by atoms with Crippen LogP contribution in [0, 0.1) is 0 Å². The highest BCUT2D eigenvalue weighted by molar-refractivity contribution is 7.09. The second-order valence-corrected chi connectivity index (χ2v) is 6.33. The molecule has 1 aliphatic rings. The zero-order chi connectivity index (χ0) is 13.1. The molecule has 1 saturated heterocycles. The molecule has 18 heavy (non-hydrogen) atoms. The first-order chi connectivity index (χ1) is 8.56. The minimum atomic E-state index is 0.0509. The minimum Gasteiger partial charge on any atom is -0.322 e. The molecule has 1 aromatic rings. The third kappa shape index (κ3) is 3.51. The fourth-order valence-electron chi connectivity index (χ4n) is 2.52. The standard InChI is InChI=1S/C13H24N4S/c1-10(14)13-15-11(9-18-13)7-16(2)8-12-5-4-6-17(12)3/h9-10,12H,4-8,14H2,1-3H3. The predicted octanol–water partition coefficient (Wildman–Crippen LogP) is 1.69. The number of hydrogen-bond donors (Lipinski definition) is 1. The summed E-state index contributed by atoms with van der Waals surface area (Å²) in [5.74, 6) is 0. The van der Waals surface area contributed by atoms with Crippen molar-refractivity contribution in [3.8, 4) is 0 Å². The third-order valence-electron chi connectivity index (χ3n) is 3.58. The molecule has 2 atom stereocenters. The van der Waals surface area contributed by atoms with Crippen molar-refractivity contribution in [3.05, 3.63) is 16.1 Å². The van der Waals surface area contributed by atoms with E-state index in [1.54, 1.807) is 11.3 Å². The topological polar surface area (TPSA) is 45.4 Å². The second-order valence-electron chi connectivity index (χ2n) is 5.44. The molecular formula is C13H24N4S. The summed E-state index contributed by atoms with van der Waals surface area (Å²) in [4.78, 5) is 9.41. The number of rotatable bonds is 5. The Morgan fingerprint density at radius 1 is 1.67 bits per heavy atom. The molecule has 1 fully saturated rings. The number of nitrogens with zero attached hydrogens (tertiary/aromatic N) is 3. The molecule has 2 heterocycles. The lowest BCUT2D eigenvalue weighted by Gasteiger charge is -2.25. The molecule has 0 amide bonds. The average Bonchev–Trinajstić information content (AvgIpc) is 2.89. The summed E-state index contributed by atoms with van der Waals surface area (Å²) in [7, 11) is 4.40. The van der Waals surface area contributed by atoms with E-state index >= 15 is 0 Å². The van der Waals surface area contributed by atoms with Crippen LogP contribution in [-0.4, -0.2) is 48.0 Å². The van der Waals surface area contributed by atoms with Gasteiger partial charge < -0.3 is 10.6 Å². The van der Waals surface area contributed by atoms with Crippen molar-refractivity contribution in [2.45, 2.75) is 38.4 Å². The van der Waals surface area contributed by atoms with Gasteiger partial charge in [0.05, 0.1) is 11.7 Å². The van der Waals surface area contributed by atoms with E-state index in [0.29, 0.717) is 6.04 Å². The number of hydrogen-bond acceptors (Lipinski definition) is 5. The molecule has 0 spiro atoms. The Morgan fingerprint density at radius 3 is 3.00 bits per heavy atom. The van der Waals surface area contributed by atoms with Gasteiger partial charge in [0.25, 0.3) is 0 Å². The molecule has 4 nitrogen and oxygen atoms in total. The van der Waals surface area contributed by atoms with E-state index in [1.165, 1.54) is 19.4 Å². The van der Waals surface area contributed by atoms with Crippen LogP contribution in [0.2, 0.25) is 0 Å². The molecule has 0 bridgehead atoms. The Balaban J connectivity index is 1.84. The van der Waals surface area contributed by atoms with Crippen LogP contribution in [0.25, 0.3) is 0 Å². The summed E-state index contributed by atoms with van der Waals surface area (Å²) < 4.78 is 0. The SMILES string of the molecule is CC(N)c1nc(CN(C)CC2CCCN2C)cs1. The van der Waals surface area contributed by atoms with Gasteiger partial charge >= 0.3 is 0 Å². The van der Waals surface area contributed by atoms with Crippen LogP contribution in [0.3, 0.4) is 0 Å². The normalized spacial score (nSPS) is 22.8. The molecule has 0 saturated carbocycles. The average molecular weight is 268 g/mol. The lowest BCUT2D eigenvalue weighted by Crippen LogP contribution is -2.36. The lowest BCUT2D eigenvalue weighted by atomic mass is 10.2. The van der Waals surface area contributed by atoms with Gasteiger partial charge in [-0.25, -0.2) is 4.98 Å². The Labute approximate surface area is 114 Å². The smallest absolute Gasteiger partial charge is 0.109 e. The van der Waals surface area contributed by atoms with Crippen LogP contribution in [0.15, 0.2) is 5.38 Å². The van der Waals surface area contributed by atoms with E-state index in [2.05, 4.69) is 34.3 Å². The first-order valence-corrected chi connectivity index (χ1v) is 7.53. The van der Waals surface area contributed by atoms with E-state index in [9.17, 15) is 0 Å². The second kappa shape index (κ2) is 6.10. The van der Waals surface area contributed by atoms with E-state index in [1.807, 2.05) is 6.92 Å². The molecule has 2 N–H and O–H groups in total. The van der Waals surface area contributed by atoms with Gasteiger partial charge in [-0.15, -0.1) is 11.3 Å². The summed E-state index contributed by atoms with van der Waals surface area (Å²) in [6, 6.07) is 0.761. The summed E-state index contributed by atoms with van der Waals surface area (Å²) in [6.07, 6.45) is 2.66. The van der Waals surface area contributed by atoms with Gasteiger partial charge in [-0.05, 0) is 40.4 Å². The zero-order valence-electron chi connectivity index (χ0n) is 11.6. The molecule has 0 radical (unpaired) electrons. The van der Waals surface area contributed by atoms with Crippen molar-refractivity contribution in [3.63, 3.8) is 0 Å². The largest absolute Gasteiger partial charge is 0.322 e. The van der Waals surface area contributed by atoms with Gasteiger partial charge in [-0.3, -0.25) is 4.90 Å². The van der Waals surface area contributed by atoms with Crippen LogP contribution in [0.1, 0.15) is 36.5 Å². The number of likely N-dealkylation sites (N-methyl/N-ethyl adjacent to an activating group) is 2. The highest BCUT2D eigenvalue weighted by Gasteiger charge is 2.22. The number of aromatic nitrogens is 1. The van der Waals surface area contributed by atoms with Crippen molar-refractivity contribution >= 4 is 11.3 Å². The Morgan fingerprint density at radius 2 is 2.44 bits per heavy atom. The Hall–Kier alpha value is -0.490.